The van der Waals surface area contributed by atoms with Gasteiger partial charge < -0.3 is 24.4 Å². The number of methoxy groups -OCH3 is 1. The van der Waals surface area contributed by atoms with Crippen molar-refractivity contribution in [2.75, 3.05) is 57.9 Å². The third-order valence-electron chi connectivity index (χ3n) is 6.12. The van der Waals surface area contributed by atoms with Gasteiger partial charge in [0.15, 0.2) is 0 Å². The van der Waals surface area contributed by atoms with Crippen molar-refractivity contribution in [1.82, 2.24) is 24.8 Å². The first-order valence-corrected chi connectivity index (χ1v) is 10.2. The van der Waals surface area contributed by atoms with E-state index < -0.39 is 0 Å². The Balaban J connectivity index is 1.31. The fourth-order valence-electron chi connectivity index (χ4n) is 4.62. The summed E-state index contributed by atoms with van der Waals surface area (Å²) < 4.78 is 5.25. The summed E-state index contributed by atoms with van der Waals surface area (Å²) in [5.74, 6) is 0.464. The number of rotatable bonds is 3. The molecule has 2 aliphatic rings. The maximum absolute atomic E-state index is 12.9. The second-order valence-electron chi connectivity index (χ2n) is 7.90. The van der Waals surface area contributed by atoms with E-state index in [4.69, 9.17) is 4.74 Å². The smallest absolute Gasteiger partial charge is 0.320 e. The van der Waals surface area contributed by atoms with E-state index in [1.54, 1.807) is 7.11 Å². The van der Waals surface area contributed by atoms with E-state index in [0.29, 0.717) is 5.92 Å². The molecule has 1 N–H and O–H groups in total. The van der Waals surface area contributed by atoms with Crippen LogP contribution in [-0.2, 0) is 4.74 Å². The minimum atomic E-state index is 0.167. The van der Waals surface area contributed by atoms with Gasteiger partial charge in [0.05, 0.1) is 18.3 Å². The maximum atomic E-state index is 12.9. The molecule has 8 nitrogen and oxygen atoms in total. The number of likely N-dealkylation sites (tertiary alicyclic amines) is 1. The lowest BCUT2D eigenvalue weighted by Crippen LogP contribution is -2.52. The first kappa shape index (κ1) is 18.2. The van der Waals surface area contributed by atoms with Gasteiger partial charge in [-0.2, -0.15) is 0 Å². The van der Waals surface area contributed by atoms with Crippen LogP contribution in [0.3, 0.4) is 0 Å². The fraction of sp³-hybridized carbons (Fsp3) is 0.476. The van der Waals surface area contributed by atoms with Crippen molar-refractivity contribution in [2.24, 2.45) is 5.92 Å². The lowest BCUT2D eigenvalue weighted by Gasteiger charge is -2.38. The Labute approximate surface area is 169 Å². The molecule has 2 amide bonds. The van der Waals surface area contributed by atoms with Crippen LogP contribution in [-0.4, -0.2) is 83.8 Å². The number of ether oxygens (including phenoxy) is 1. The van der Waals surface area contributed by atoms with Crippen LogP contribution in [0.5, 0.6) is 0 Å². The van der Waals surface area contributed by atoms with Crippen LogP contribution in [0.15, 0.2) is 30.7 Å². The third-order valence-corrected chi connectivity index (χ3v) is 6.12. The summed E-state index contributed by atoms with van der Waals surface area (Å²) in [6, 6.07) is 4.29. The van der Waals surface area contributed by atoms with Gasteiger partial charge in [-0.3, -0.25) is 4.98 Å². The van der Waals surface area contributed by atoms with E-state index in [-0.39, 0.29) is 6.03 Å². The number of nitrogens with one attached hydrogen (secondary N) is 1. The number of piperazine rings is 1. The number of fused-ring (bicyclic) bond motifs is 3. The summed E-state index contributed by atoms with van der Waals surface area (Å²) in [5, 5.41) is 2.21. The number of urea groups is 1. The van der Waals surface area contributed by atoms with E-state index in [2.05, 4.69) is 32.0 Å². The standard InChI is InChI=1S/C21H26N6O2/c1-29-14-15-4-7-27(13-15)21(28)26-10-8-25(9-11-26)18-3-6-22-17-12-24-20-16(19(17)18)2-5-23-20/h2-3,5-6,12,15H,4,7-11,13-14H2,1H3,(H,23,24). The summed E-state index contributed by atoms with van der Waals surface area (Å²) in [7, 11) is 1.73. The molecule has 0 radical (unpaired) electrons. The van der Waals surface area contributed by atoms with Crippen LogP contribution in [0.25, 0.3) is 21.9 Å². The molecule has 2 saturated heterocycles. The Bertz CT molecular complexity index is 1030. The van der Waals surface area contributed by atoms with Gasteiger partial charge >= 0.3 is 6.03 Å². The number of anilines is 1. The number of pyridine rings is 2. The highest BCUT2D eigenvalue weighted by Crippen LogP contribution is 2.31. The molecule has 29 heavy (non-hydrogen) atoms. The maximum Gasteiger partial charge on any atom is 0.320 e. The Morgan fingerprint density at radius 3 is 2.86 bits per heavy atom. The number of amides is 2. The zero-order chi connectivity index (χ0) is 19.8. The topological polar surface area (TPSA) is 77.6 Å². The van der Waals surface area contributed by atoms with Gasteiger partial charge in [0.1, 0.15) is 5.65 Å². The first-order chi connectivity index (χ1) is 14.2. The number of nitrogens with zero attached hydrogens (tertiary/aromatic N) is 5. The molecule has 5 rings (SSSR count). The van der Waals surface area contributed by atoms with Crippen LogP contribution < -0.4 is 4.90 Å². The van der Waals surface area contributed by atoms with Gasteiger partial charge in [-0.25, -0.2) is 9.78 Å². The van der Waals surface area contributed by atoms with Crippen molar-refractivity contribution in [3.8, 4) is 0 Å². The van der Waals surface area contributed by atoms with Crippen LogP contribution in [0.1, 0.15) is 6.42 Å². The molecule has 5 heterocycles. The van der Waals surface area contributed by atoms with Gasteiger partial charge in [-0.1, -0.05) is 0 Å². The molecular formula is C21H26N6O2. The Hall–Kier alpha value is -2.87. The van der Waals surface area contributed by atoms with Crippen molar-refractivity contribution >= 4 is 33.7 Å². The molecule has 8 heteroatoms. The number of H-pyrrole nitrogens is 1. The van der Waals surface area contributed by atoms with Crippen LogP contribution in [0, 0.1) is 5.92 Å². The summed E-state index contributed by atoms with van der Waals surface area (Å²) in [5.41, 5.74) is 2.94. The monoisotopic (exact) mass is 394 g/mol. The molecule has 152 valence electrons. The predicted molar refractivity (Wildman–Crippen MR) is 112 cm³/mol. The molecule has 3 aromatic heterocycles. The molecule has 1 unspecified atom stereocenters. The average Bonchev–Trinajstić information content (AvgIpc) is 3.43. The fourth-order valence-corrected chi connectivity index (χ4v) is 4.62. The second kappa shape index (κ2) is 7.51. The first-order valence-electron chi connectivity index (χ1n) is 10.2. The molecule has 0 spiro atoms. The quantitative estimate of drug-likeness (QED) is 0.738. The molecule has 2 aliphatic heterocycles. The van der Waals surface area contributed by atoms with E-state index in [1.165, 1.54) is 0 Å². The van der Waals surface area contributed by atoms with Crippen molar-refractivity contribution in [1.29, 1.82) is 0 Å². The van der Waals surface area contributed by atoms with Crippen molar-refractivity contribution < 1.29 is 9.53 Å². The highest BCUT2D eigenvalue weighted by atomic mass is 16.5. The highest BCUT2D eigenvalue weighted by Gasteiger charge is 2.31. The Morgan fingerprint density at radius 1 is 1.17 bits per heavy atom. The Kier molecular flexibility index (Phi) is 4.71. The van der Waals surface area contributed by atoms with Crippen molar-refractivity contribution in [3.05, 3.63) is 30.7 Å². The molecule has 0 saturated carbocycles. The van der Waals surface area contributed by atoms with Crippen LogP contribution in [0.4, 0.5) is 10.5 Å². The van der Waals surface area contributed by atoms with Gasteiger partial charge in [-0.15, -0.1) is 0 Å². The number of hydrogen-bond donors (Lipinski definition) is 1. The van der Waals surface area contributed by atoms with Gasteiger partial charge in [0.25, 0.3) is 0 Å². The summed E-state index contributed by atoms with van der Waals surface area (Å²) >= 11 is 0. The molecule has 2 fully saturated rings. The van der Waals surface area contributed by atoms with Crippen LogP contribution in [0.2, 0.25) is 0 Å². The average molecular weight is 394 g/mol. The predicted octanol–water partition coefficient (Wildman–Crippen LogP) is 2.32. The number of aromatic nitrogens is 3. The molecule has 0 aromatic carbocycles. The summed E-state index contributed by atoms with van der Waals surface area (Å²) in [6.07, 6.45) is 6.61. The van der Waals surface area contributed by atoms with E-state index >= 15 is 0 Å². The summed E-state index contributed by atoms with van der Waals surface area (Å²) in [4.78, 5) is 31.4. The van der Waals surface area contributed by atoms with E-state index in [0.717, 1.165) is 79.9 Å². The van der Waals surface area contributed by atoms with Crippen molar-refractivity contribution in [3.63, 3.8) is 0 Å². The lowest BCUT2D eigenvalue weighted by atomic mass is 10.1. The number of carbonyl (C=O) groups excluding carboxylic acids is 1. The normalized spacial score (nSPS) is 20.2. The zero-order valence-electron chi connectivity index (χ0n) is 16.7. The Morgan fingerprint density at radius 2 is 2.03 bits per heavy atom. The number of carbonyl (C=O) groups is 1. The zero-order valence-corrected chi connectivity index (χ0v) is 16.7. The van der Waals surface area contributed by atoms with E-state index in [9.17, 15) is 4.79 Å². The van der Waals surface area contributed by atoms with Gasteiger partial charge in [0.2, 0.25) is 0 Å². The lowest BCUT2D eigenvalue weighted by molar-refractivity contribution is 0.142. The second-order valence-corrected chi connectivity index (χ2v) is 7.90. The number of aromatic amines is 1. The molecule has 1 atom stereocenters. The third kappa shape index (κ3) is 3.27. The highest BCUT2D eigenvalue weighted by molar-refractivity contribution is 6.10. The van der Waals surface area contributed by atoms with E-state index in [1.807, 2.05) is 28.4 Å². The SMILES string of the molecule is COCC1CCN(C(=O)N2CCN(c3ccnc4cnc5[nH]ccc5c34)CC2)C1. The molecule has 3 aromatic rings. The summed E-state index contributed by atoms with van der Waals surface area (Å²) in [6.45, 7) is 5.46. The molecule has 0 aliphatic carbocycles. The number of hydrogen-bond acceptors (Lipinski definition) is 5. The largest absolute Gasteiger partial charge is 0.384 e. The van der Waals surface area contributed by atoms with Crippen molar-refractivity contribution in [2.45, 2.75) is 6.42 Å². The molecule has 0 bridgehead atoms. The van der Waals surface area contributed by atoms with Gasteiger partial charge in [0, 0.05) is 81.1 Å². The minimum absolute atomic E-state index is 0.167. The van der Waals surface area contributed by atoms with Gasteiger partial charge in [-0.05, 0) is 18.6 Å². The minimum Gasteiger partial charge on any atom is -0.384 e. The van der Waals surface area contributed by atoms with Crippen LogP contribution >= 0.6 is 0 Å². The molecular weight excluding hydrogens is 368 g/mol.